The van der Waals surface area contributed by atoms with Crippen molar-refractivity contribution in [3.8, 4) is 6.07 Å². The summed E-state index contributed by atoms with van der Waals surface area (Å²) in [6, 6.07) is 9.30. The fraction of sp³-hybridized carbons (Fsp3) is 0.286. The Morgan fingerprint density at radius 2 is 2.25 bits per heavy atom. The maximum absolute atomic E-state index is 12.0. The molecule has 1 atom stereocenters. The van der Waals surface area contributed by atoms with E-state index < -0.39 is 0 Å². The molecule has 0 spiro atoms. The number of ether oxygens (including phenoxy) is 1. The minimum atomic E-state index is -0.269. The molecule has 0 saturated carbocycles. The van der Waals surface area contributed by atoms with Gasteiger partial charge in [0.25, 0.3) is 0 Å². The Kier molecular flexibility index (Phi) is 5.46. The van der Waals surface area contributed by atoms with Crippen LogP contribution >= 0.6 is 30.3 Å². The summed E-state index contributed by atoms with van der Waals surface area (Å²) in [7, 11) is 1.56. The van der Waals surface area contributed by atoms with E-state index in [1.165, 1.54) is 0 Å². The highest BCUT2D eigenvalue weighted by atomic mass is 127. The van der Waals surface area contributed by atoms with Crippen molar-refractivity contribution in [2.45, 2.75) is 13.0 Å². The highest BCUT2D eigenvalue weighted by Crippen LogP contribution is 2.40. The molecule has 0 N–H and O–H groups in total. The van der Waals surface area contributed by atoms with Crippen LogP contribution in [0.4, 0.5) is 0 Å². The zero-order chi connectivity index (χ0) is 14.5. The van der Waals surface area contributed by atoms with Crippen LogP contribution in [0.5, 0.6) is 0 Å². The van der Waals surface area contributed by atoms with Gasteiger partial charge < -0.3 is 4.74 Å². The molecule has 1 unspecified atom stereocenters. The van der Waals surface area contributed by atoms with Gasteiger partial charge in [0.1, 0.15) is 0 Å². The van der Waals surface area contributed by atoms with Crippen molar-refractivity contribution in [1.82, 2.24) is 4.31 Å². The Morgan fingerprint density at radius 1 is 1.55 bits per heavy atom. The van der Waals surface area contributed by atoms with Crippen LogP contribution in [0.2, 0.25) is 0 Å². The molecule has 0 fully saturated rings. The van der Waals surface area contributed by atoms with Gasteiger partial charge in [0, 0.05) is 27.8 Å². The van der Waals surface area contributed by atoms with E-state index in [2.05, 4.69) is 31.6 Å². The predicted octanol–water partition coefficient (Wildman–Crippen LogP) is 3.40. The molecular weight excluding hydrogens is 387 g/mol. The van der Waals surface area contributed by atoms with Gasteiger partial charge in [-0.05, 0) is 33.7 Å². The molecule has 0 saturated heterocycles. The number of carbonyl (C=O) groups excluding carboxylic acids is 1. The summed E-state index contributed by atoms with van der Waals surface area (Å²) < 4.78 is 7.22. The van der Waals surface area contributed by atoms with E-state index in [0.717, 1.165) is 5.56 Å². The fourth-order valence-electron chi connectivity index (χ4n) is 2.12. The van der Waals surface area contributed by atoms with Crippen molar-refractivity contribution in [2.75, 3.05) is 13.2 Å². The Bertz CT molecular complexity index is 566. The van der Waals surface area contributed by atoms with Crippen molar-refractivity contribution in [3.63, 3.8) is 0 Å². The maximum atomic E-state index is 12.0. The molecule has 20 heavy (non-hydrogen) atoms. The number of rotatable bonds is 4. The summed E-state index contributed by atoms with van der Waals surface area (Å²) >= 11 is 2.21. The maximum Gasteiger partial charge on any atom is 0.335 e. The average Bonchev–Trinajstić information content (AvgIpc) is 2.91. The number of benzene rings is 1. The van der Waals surface area contributed by atoms with Gasteiger partial charge in [-0.1, -0.05) is 18.2 Å². The second-order valence-electron chi connectivity index (χ2n) is 4.18. The quantitative estimate of drug-likeness (QED) is 0.441. The van der Waals surface area contributed by atoms with Crippen molar-refractivity contribution >= 4 is 36.3 Å². The molecule has 6 heteroatoms. The van der Waals surface area contributed by atoms with Crippen molar-refractivity contribution in [2.24, 2.45) is 0 Å². The Balaban J connectivity index is 2.30. The van der Waals surface area contributed by atoms with E-state index in [0.29, 0.717) is 24.3 Å². The monoisotopic (exact) mass is 400 g/mol. The third kappa shape index (κ3) is 3.16. The Hall–Kier alpha value is -1.04. The summed E-state index contributed by atoms with van der Waals surface area (Å²) in [5, 5.41) is 8.85. The molecule has 0 aliphatic carbocycles. The average molecular weight is 400 g/mol. The second kappa shape index (κ2) is 7.11. The van der Waals surface area contributed by atoms with Gasteiger partial charge >= 0.3 is 5.97 Å². The standard InChI is InChI=1S/C14H13IN2O2S/c1-2-19-14(18)12-7-8-17(20-15)13(12)11-5-3-10(9-16)4-6-11/h3-7,13H,2,8H2,1H3. The summed E-state index contributed by atoms with van der Waals surface area (Å²) in [5.41, 5.74) is 2.27. The van der Waals surface area contributed by atoms with Gasteiger partial charge in [-0.15, -0.1) is 0 Å². The number of nitrogens with zero attached hydrogens (tertiary/aromatic N) is 2. The molecule has 0 amide bonds. The van der Waals surface area contributed by atoms with Crippen LogP contribution < -0.4 is 0 Å². The van der Waals surface area contributed by atoms with Crippen LogP contribution in [-0.4, -0.2) is 23.4 Å². The molecule has 1 aromatic rings. The van der Waals surface area contributed by atoms with E-state index in [1.54, 1.807) is 28.2 Å². The first-order chi connectivity index (χ1) is 9.71. The Morgan fingerprint density at radius 3 is 2.80 bits per heavy atom. The van der Waals surface area contributed by atoms with Crippen LogP contribution in [0.1, 0.15) is 24.1 Å². The summed E-state index contributed by atoms with van der Waals surface area (Å²) in [6.45, 7) is 2.87. The van der Waals surface area contributed by atoms with Gasteiger partial charge in [-0.2, -0.15) is 5.26 Å². The lowest BCUT2D eigenvalue weighted by Crippen LogP contribution is -2.21. The highest BCUT2D eigenvalue weighted by Gasteiger charge is 2.33. The summed E-state index contributed by atoms with van der Waals surface area (Å²) in [6.07, 6.45) is 1.91. The van der Waals surface area contributed by atoms with Gasteiger partial charge in [0.15, 0.2) is 0 Å². The summed E-state index contributed by atoms with van der Waals surface area (Å²) in [4.78, 5) is 12.0. The van der Waals surface area contributed by atoms with Gasteiger partial charge in [-0.25, -0.2) is 9.10 Å². The first-order valence-corrected chi connectivity index (χ1v) is 9.45. The molecule has 0 bridgehead atoms. The van der Waals surface area contributed by atoms with E-state index in [4.69, 9.17) is 10.00 Å². The SMILES string of the molecule is CCOC(=O)C1=CCN(SI)C1c1ccc(C#N)cc1. The van der Waals surface area contributed by atoms with Crippen molar-refractivity contribution in [1.29, 1.82) is 5.26 Å². The minimum absolute atomic E-state index is 0.122. The number of esters is 1. The van der Waals surface area contributed by atoms with E-state index in [9.17, 15) is 4.79 Å². The first kappa shape index (κ1) is 15.4. The number of carbonyl (C=O) groups is 1. The van der Waals surface area contributed by atoms with E-state index in [1.807, 2.05) is 18.2 Å². The summed E-state index contributed by atoms with van der Waals surface area (Å²) in [5.74, 6) is -0.269. The van der Waals surface area contributed by atoms with Gasteiger partial charge in [0.2, 0.25) is 0 Å². The predicted molar refractivity (Wildman–Crippen MR) is 86.9 cm³/mol. The lowest BCUT2D eigenvalue weighted by atomic mass is 10.00. The highest BCUT2D eigenvalue weighted by molar-refractivity contribution is 14.2. The molecule has 4 nitrogen and oxygen atoms in total. The van der Waals surface area contributed by atoms with Gasteiger partial charge in [-0.3, -0.25) is 0 Å². The number of hydrogen-bond acceptors (Lipinski definition) is 5. The van der Waals surface area contributed by atoms with Crippen molar-refractivity contribution < 1.29 is 9.53 Å². The number of hydrogen-bond donors (Lipinski definition) is 0. The molecule has 104 valence electrons. The van der Waals surface area contributed by atoms with E-state index >= 15 is 0 Å². The Labute approximate surface area is 134 Å². The molecule has 0 radical (unpaired) electrons. The molecule has 1 aromatic carbocycles. The minimum Gasteiger partial charge on any atom is -0.463 e. The van der Waals surface area contributed by atoms with E-state index in [-0.39, 0.29) is 12.0 Å². The van der Waals surface area contributed by atoms with Crippen LogP contribution in [0.15, 0.2) is 35.9 Å². The number of nitriles is 1. The second-order valence-corrected chi connectivity index (χ2v) is 5.97. The smallest absolute Gasteiger partial charge is 0.335 e. The molecule has 0 aromatic heterocycles. The third-order valence-electron chi connectivity index (χ3n) is 3.03. The van der Waals surface area contributed by atoms with Crippen LogP contribution in [0.3, 0.4) is 0 Å². The zero-order valence-electron chi connectivity index (χ0n) is 10.9. The largest absolute Gasteiger partial charge is 0.463 e. The van der Waals surface area contributed by atoms with Crippen LogP contribution in [0, 0.1) is 11.3 Å². The molecule has 1 aliphatic heterocycles. The third-order valence-corrected chi connectivity index (χ3v) is 5.08. The normalized spacial score (nSPS) is 18.4. The lowest BCUT2D eigenvalue weighted by molar-refractivity contribution is -0.138. The topological polar surface area (TPSA) is 53.3 Å². The van der Waals surface area contributed by atoms with Crippen molar-refractivity contribution in [3.05, 3.63) is 47.0 Å². The molecule has 1 aliphatic rings. The van der Waals surface area contributed by atoms with Crippen LogP contribution in [0.25, 0.3) is 0 Å². The zero-order valence-corrected chi connectivity index (χ0v) is 13.8. The molecule has 1 heterocycles. The lowest BCUT2D eigenvalue weighted by Gasteiger charge is -2.23. The molecular formula is C14H13IN2O2S. The van der Waals surface area contributed by atoms with Gasteiger partial charge in [0.05, 0.1) is 29.9 Å². The first-order valence-electron chi connectivity index (χ1n) is 6.13. The molecule has 2 rings (SSSR count). The number of halogens is 1. The van der Waals surface area contributed by atoms with Crippen LogP contribution in [-0.2, 0) is 9.53 Å². The fourth-order valence-corrected chi connectivity index (χ4v) is 3.73.